The molecule has 1 amide bonds. The van der Waals surface area contributed by atoms with Crippen LogP contribution in [0.1, 0.15) is 38.2 Å². The summed E-state index contributed by atoms with van der Waals surface area (Å²) in [5, 5.41) is 5.82. The van der Waals surface area contributed by atoms with E-state index < -0.39 is 0 Å². The number of rotatable bonds is 4. The summed E-state index contributed by atoms with van der Waals surface area (Å²) >= 11 is 0. The predicted molar refractivity (Wildman–Crippen MR) is 75.0 cm³/mol. The third-order valence-corrected chi connectivity index (χ3v) is 4.93. The second-order valence-corrected chi connectivity index (χ2v) is 6.24. The average molecular weight is 262 g/mol. The SMILES string of the molecule is CNc1cnc(C(=O)NCC2C(C)(C)C2(C)C)cn1. The molecule has 2 N–H and O–H groups in total. The van der Waals surface area contributed by atoms with Gasteiger partial charge in [0, 0.05) is 13.6 Å². The Morgan fingerprint density at radius 1 is 1.21 bits per heavy atom. The van der Waals surface area contributed by atoms with E-state index in [9.17, 15) is 4.79 Å². The monoisotopic (exact) mass is 262 g/mol. The normalized spacial score (nSPS) is 19.8. The summed E-state index contributed by atoms with van der Waals surface area (Å²) < 4.78 is 0. The van der Waals surface area contributed by atoms with Crippen molar-refractivity contribution in [2.24, 2.45) is 16.7 Å². The minimum Gasteiger partial charge on any atom is -0.372 e. The summed E-state index contributed by atoms with van der Waals surface area (Å²) in [5.74, 6) is 1.00. The molecular weight excluding hydrogens is 240 g/mol. The number of carbonyl (C=O) groups excluding carboxylic acids is 1. The topological polar surface area (TPSA) is 66.9 Å². The molecule has 0 unspecified atom stereocenters. The Bertz CT molecular complexity index is 465. The molecule has 0 atom stereocenters. The van der Waals surface area contributed by atoms with E-state index in [0.717, 1.165) is 0 Å². The lowest BCUT2D eigenvalue weighted by molar-refractivity contribution is 0.0944. The van der Waals surface area contributed by atoms with Gasteiger partial charge < -0.3 is 10.6 Å². The Morgan fingerprint density at radius 3 is 2.26 bits per heavy atom. The quantitative estimate of drug-likeness (QED) is 0.870. The van der Waals surface area contributed by atoms with Crippen LogP contribution in [0.15, 0.2) is 12.4 Å². The van der Waals surface area contributed by atoms with E-state index in [0.29, 0.717) is 24.0 Å². The van der Waals surface area contributed by atoms with E-state index in [-0.39, 0.29) is 16.7 Å². The summed E-state index contributed by atoms with van der Waals surface area (Å²) in [7, 11) is 1.76. The smallest absolute Gasteiger partial charge is 0.271 e. The third kappa shape index (κ3) is 2.29. The maximum Gasteiger partial charge on any atom is 0.271 e. The minimum absolute atomic E-state index is 0.159. The standard InChI is InChI=1S/C14H22N4O/c1-13(2)10(14(13,3)4)7-18-12(19)9-6-17-11(15-5)8-16-9/h6,8,10H,7H2,1-5H3,(H,15,17)(H,18,19). The predicted octanol–water partition coefficient (Wildman–Crippen LogP) is 1.93. The van der Waals surface area contributed by atoms with Crippen molar-refractivity contribution >= 4 is 11.7 Å². The molecule has 1 fully saturated rings. The van der Waals surface area contributed by atoms with Crippen LogP contribution in [0.25, 0.3) is 0 Å². The van der Waals surface area contributed by atoms with Gasteiger partial charge in [-0.25, -0.2) is 9.97 Å². The molecule has 2 rings (SSSR count). The van der Waals surface area contributed by atoms with Crippen molar-refractivity contribution in [1.29, 1.82) is 0 Å². The van der Waals surface area contributed by atoms with Crippen LogP contribution in [0.3, 0.4) is 0 Å². The number of aromatic nitrogens is 2. The molecule has 0 bridgehead atoms. The molecule has 1 heterocycles. The molecule has 19 heavy (non-hydrogen) atoms. The van der Waals surface area contributed by atoms with Crippen LogP contribution in [0.2, 0.25) is 0 Å². The van der Waals surface area contributed by atoms with Crippen molar-refractivity contribution in [2.75, 3.05) is 18.9 Å². The Labute approximate surface area is 114 Å². The first-order chi connectivity index (χ1) is 8.80. The zero-order chi connectivity index (χ0) is 14.3. The first-order valence-corrected chi connectivity index (χ1v) is 6.58. The van der Waals surface area contributed by atoms with Gasteiger partial charge in [0.2, 0.25) is 0 Å². The Hall–Kier alpha value is -1.65. The van der Waals surface area contributed by atoms with Gasteiger partial charge in [-0.3, -0.25) is 4.79 Å². The second kappa shape index (κ2) is 4.47. The van der Waals surface area contributed by atoms with Crippen LogP contribution >= 0.6 is 0 Å². The molecule has 5 heteroatoms. The highest BCUT2D eigenvalue weighted by Crippen LogP contribution is 2.67. The van der Waals surface area contributed by atoms with Gasteiger partial charge in [-0.05, 0) is 16.7 Å². The number of nitrogens with zero attached hydrogens (tertiary/aromatic N) is 2. The van der Waals surface area contributed by atoms with E-state index >= 15 is 0 Å². The molecule has 0 aromatic carbocycles. The molecule has 1 aliphatic rings. The Balaban J connectivity index is 1.92. The molecule has 1 aromatic heterocycles. The molecule has 0 radical (unpaired) electrons. The van der Waals surface area contributed by atoms with E-state index in [2.05, 4.69) is 48.3 Å². The highest BCUT2D eigenvalue weighted by Gasteiger charge is 2.64. The van der Waals surface area contributed by atoms with Crippen LogP contribution in [-0.4, -0.2) is 29.5 Å². The second-order valence-electron chi connectivity index (χ2n) is 6.24. The van der Waals surface area contributed by atoms with Crippen molar-refractivity contribution < 1.29 is 4.79 Å². The number of hydrogen-bond donors (Lipinski definition) is 2. The molecule has 1 aromatic rings. The highest BCUT2D eigenvalue weighted by molar-refractivity contribution is 5.92. The summed E-state index contributed by atoms with van der Waals surface area (Å²) in [4.78, 5) is 20.1. The van der Waals surface area contributed by atoms with Crippen molar-refractivity contribution in [2.45, 2.75) is 27.7 Å². The van der Waals surface area contributed by atoms with Crippen molar-refractivity contribution in [3.8, 4) is 0 Å². The first-order valence-electron chi connectivity index (χ1n) is 6.58. The molecule has 0 spiro atoms. The Kier molecular flexibility index (Phi) is 3.24. The van der Waals surface area contributed by atoms with Crippen molar-refractivity contribution in [1.82, 2.24) is 15.3 Å². The van der Waals surface area contributed by atoms with E-state index in [4.69, 9.17) is 0 Å². The lowest BCUT2D eigenvalue weighted by atomic mass is 10.0. The van der Waals surface area contributed by atoms with Gasteiger partial charge in [0.25, 0.3) is 5.91 Å². The number of nitrogens with one attached hydrogen (secondary N) is 2. The molecule has 1 saturated carbocycles. The largest absolute Gasteiger partial charge is 0.372 e. The van der Waals surface area contributed by atoms with Gasteiger partial charge in [0.1, 0.15) is 11.5 Å². The lowest BCUT2D eigenvalue weighted by Crippen LogP contribution is -2.28. The minimum atomic E-state index is -0.159. The summed E-state index contributed by atoms with van der Waals surface area (Å²) in [6.07, 6.45) is 3.05. The summed E-state index contributed by atoms with van der Waals surface area (Å²) in [6, 6.07) is 0. The van der Waals surface area contributed by atoms with E-state index in [1.165, 1.54) is 6.20 Å². The molecule has 0 saturated heterocycles. The molecular formula is C14H22N4O. The van der Waals surface area contributed by atoms with Crippen LogP contribution in [0.4, 0.5) is 5.82 Å². The highest BCUT2D eigenvalue weighted by atomic mass is 16.1. The van der Waals surface area contributed by atoms with Crippen molar-refractivity contribution in [3.05, 3.63) is 18.1 Å². The van der Waals surface area contributed by atoms with Gasteiger partial charge in [0.15, 0.2) is 0 Å². The third-order valence-electron chi connectivity index (χ3n) is 4.93. The van der Waals surface area contributed by atoms with E-state index in [1.54, 1.807) is 13.2 Å². The first kappa shape index (κ1) is 13.8. The van der Waals surface area contributed by atoms with Crippen LogP contribution in [0.5, 0.6) is 0 Å². The maximum atomic E-state index is 12.0. The fourth-order valence-corrected chi connectivity index (χ4v) is 2.70. The zero-order valence-electron chi connectivity index (χ0n) is 12.2. The molecule has 1 aliphatic carbocycles. The average Bonchev–Trinajstić information content (AvgIpc) is 2.77. The fourth-order valence-electron chi connectivity index (χ4n) is 2.70. The van der Waals surface area contributed by atoms with Gasteiger partial charge in [-0.15, -0.1) is 0 Å². The summed E-state index contributed by atoms with van der Waals surface area (Å²) in [5.41, 5.74) is 0.916. The van der Waals surface area contributed by atoms with Gasteiger partial charge in [-0.2, -0.15) is 0 Å². The van der Waals surface area contributed by atoms with Gasteiger partial charge in [-0.1, -0.05) is 27.7 Å². The Morgan fingerprint density at radius 2 is 1.84 bits per heavy atom. The van der Waals surface area contributed by atoms with Gasteiger partial charge >= 0.3 is 0 Å². The molecule has 5 nitrogen and oxygen atoms in total. The number of hydrogen-bond acceptors (Lipinski definition) is 4. The van der Waals surface area contributed by atoms with Crippen LogP contribution in [0, 0.1) is 16.7 Å². The summed E-state index contributed by atoms with van der Waals surface area (Å²) in [6.45, 7) is 9.65. The lowest BCUT2D eigenvalue weighted by Gasteiger charge is -2.06. The fraction of sp³-hybridized carbons (Fsp3) is 0.643. The van der Waals surface area contributed by atoms with Crippen LogP contribution < -0.4 is 10.6 Å². The number of carbonyl (C=O) groups is 1. The molecule has 104 valence electrons. The molecule has 0 aliphatic heterocycles. The van der Waals surface area contributed by atoms with Gasteiger partial charge in [0.05, 0.1) is 12.4 Å². The zero-order valence-corrected chi connectivity index (χ0v) is 12.2. The number of amides is 1. The van der Waals surface area contributed by atoms with E-state index in [1.807, 2.05) is 0 Å². The van der Waals surface area contributed by atoms with Crippen LogP contribution in [-0.2, 0) is 0 Å². The maximum absolute atomic E-state index is 12.0. The van der Waals surface area contributed by atoms with Crippen molar-refractivity contribution in [3.63, 3.8) is 0 Å². The number of anilines is 1.